The molecule has 4 heteroatoms. The SMILES string of the molecule is OCc1cc(F)cc(OCc2cccc(Br)c2)c1. The maximum absolute atomic E-state index is 13.2. The van der Waals surface area contributed by atoms with Gasteiger partial charge in [-0.1, -0.05) is 28.1 Å². The van der Waals surface area contributed by atoms with Crippen LogP contribution in [0.15, 0.2) is 46.9 Å². The van der Waals surface area contributed by atoms with Crippen LogP contribution in [0.4, 0.5) is 4.39 Å². The molecule has 18 heavy (non-hydrogen) atoms. The molecule has 1 N–H and O–H groups in total. The van der Waals surface area contributed by atoms with E-state index in [1.807, 2.05) is 24.3 Å². The second-order valence-corrected chi connectivity index (χ2v) is 4.79. The number of halogens is 2. The Morgan fingerprint density at radius 2 is 1.94 bits per heavy atom. The minimum atomic E-state index is -0.411. The molecule has 2 aromatic rings. The lowest BCUT2D eigenvalue weighted by molar-refractivity contribution is 0.276. The molecular weight excluding hydrogens is 299 g/mol. The van der Waals surface area contributed by atoms with Gasteiger partial charge in [-0.25, -0.2) is 4.39 Å². The zero-order valence-electron chi connectivity index (χ0n) is 9.57. The van der Waals surface area contributed by atoms with Gasteiger partial charge in [-0.15, -0.1) is 0 Å². The summed E-state index contributed by atoms with van der Waals surface area (Å²) in [6, 6.07) is 11.9. The predicted molar refractivity (Wildman–Crippen MR) is 70.8 cm³/mol. The maximum atomic E-state index is 13.2. The largest absolute Gasteiger partial charge is 0.489 e. The average Bonchev–Trinajstić information content (AvgIpc) is 2.36. The molecule has 2 nitrogen and oxygen atoms in total. The van der Waals surface area contributed by atoms with E-state index >= 15 is 0 Å². The van der Waals surface area contributed by atoms with Crippen LogP contribution in [0, 0.1) is 5.82 Å². The van der Waals surface area contributed by atoms with Gasteiger partial charge in [0.15, 0.2) is 0 Å². The van der Waals surface area contributed by atoms with Crippen molar-refractivity contribution in [1.29, 1.82) is 0 Å². The van der Waals surface area contributed by atoms with Gasteiger partial charge in [-0.05, 0) is 35.4 Å². The van der Waals surface area contributed by atoms with Crippen LogP contribution in [0.2, 0.25) is 0 Å². The summed E-state index contributed by atoms with van der Waals surface area (Å²) >= 11 is 3.37. The summed E-state index contributed by atoms with van der Waals surface area (Å²) in [7, 11) is 0. The van der Waals surface area contributed by atoms with Crippen molar-refractivity contribution in [2.75, 3.05) is 0 Å². The summed E-state index contributed by atoms with van der Waals surface area (Å²) in [5, 5.41) is 8.98. The van der Waals surface area contributed by atoms with Gasteiger partial charge < -0.3 is 9.84 Å². The molecule has 0 heterocycles. The molecule has 2 aromatic carbocycles. The van der Waals surface area contributed by atoms with E-state index in [9.17, 15) is 4.39 Å². The molecule has 0 aliphatic heterocycles. The lowest BCUT2D eigenvalue weighted by Crippen LogP contribution is -1.97. The first-order valence-corrected chi connectivity index (χ1v) is 6.24. The quantitative estimate of drug-likeness (QED) is 0.934. The Morgan fingerprint density at radius 1 is 1.11 bits per heavy atom. The highest BCUT2D eigenvalue weighted by atomic mass is 79.9. The van der Waals surface area contributed by atoms with Crippen LogP contribution in [-0.2, 0) is 13.2 Å². The van der Waals surface area contributed by atoms with Gasteiger partial charge in [0.2, 0.25) is 0 Å². The zero-order chi connectivity index (χ0) is 13.0. The van der Waals surface area contributed by atoms with Gasteiger partial charge in [-0.2, -0.15) is 0 Å². The number of ether oxygens (including phenoxy) is 1. The highest BCUT2D eigenvalue weighted by Crippen LogP contribution is 2.19. The van der Waals surface area contributed by atoms with Crippen LogP contribution < -0.4 is 4.74 Å². The molecule has 2 rings (SSSR count). The molecule has 0 aliphatic carbocycles. The number of aliphatic hydroxyl groups excluding tert-OH is 1. The zero-order valence-corrected chi connectivity index (χ0v) is 11.2. The van der Waals surface area contributed by atoms with Gasteiger partial charge in [-0.3, -0.25) is 0 Å². The topological polar surface area (TPSA) is 29.5 Å². The Bertz CT molecular complexity index is 543. The lowest BCUT2D eigenvalue weighted by Gasteiger charge is -2.08. The van der Waals surface area contributed by atoms with E-state index in [1.54, 1.807) is 6.07 Å². The van der Waals surface area contributed by atoms with Crippen molar-refractivity contribution in [2.24, 2.45) is 0 Å². The monoisotopic (exact) mass is 310 g/mol. The number of rotatable bonds is 4. The van der Waals surface area contributed by atoms with Crippen molar-refractivity contribution in [3.8, 4) is 5.75 Å². The maximum Gasteiger partial charge on any atom is 0.127 e. The molecule has 0 radical (unpaired) electrons. The molecule has 0 atom stereocenters. The summed E-state index contributed by atoms with van der Waals surface area (Å²) in [4.78, 5) is 0. The molecule has 0 fully saturated rings. The van der Waals surface area contributed by atoms with Gasteiger partial charge in [0.25, 0.3) is 0 Å². The third-order valence-electron chi connectivity index (χ3n) is 2.41. The summed E-state index contributed by atoms with van der Waals surface area (Å²) in [6.07, 6.45) is 0. The summed E-state index contributed by atoms with van der Waals surface area (Å²) in [6.45, 7) is 0.152. The van der Waals surface area contributed by atoms with Crippen LogP contribution in [0.5, 0.6) is 5.75 Å². The van der Waals surface area contributed by atoms with Gasteiger partial charge in [0, 0.05) is 10.5 Å². The highest BCUT2D eigenvalue weighted by Gasteiger charge is 2.02. The third kappa shape index (κ3) is 3.55. The molecule has 0 aromatic heterocycles. The average molecular weight is 311 g/mol. The van der Waals surface area contributed by atoms with Crippen LogP contribution in [0.25, 0.3) is 0 Å². The van der Waals surface area contributed by atoms with Crippen molar-refractivity contribution in [1.82, 2.24) is 0 Å². The third-order valence-corrected chi connectivity index (χ3v) is 2.90. The van der Waals surface area contributed by atoms with Gasteiger partial charge in [0.1, 0.15) is 18.2 Å². The van der Waals surface area contributed by atoms with E-state index in [1.165, 1.54) is 12.1 Å². The van der Waals surface area contributed by atoms with E-state index in [2.05, 4.69) is 15.9 Å². The predicted octanol–water partition coefficient (Wildman–Crippen LogP) is 3.66. The standard InChI is InChI=1S/C14H12BrFO2/c15-12-3-1-2-10(4-12)9-18-14-6-11(8-17)5-13(16)7-14/h1-7,17H,8-9H2. The Hall–Kier alpha value is -1.39. The molecular formula is C14H12BrFO2. The fourth-order valence-electron chi connectivity index (χ4n) is 1.59. The van der Waals surface area contributed by atoms with Crippen molar-refractivity contribution < 1.29 is 14.2 Å². The summed E-state index contributed by atoms with van der Waals surface area (Å²) < 4.78 is 19.7. The minimum Gasteiger partial charge on any atom is -0.489 e. The second kappa shape index (κ2) is 5.98. The van der Waals surface area contributed by atoms with Crippen molar-refractivity contribution in [3.63, 3.8) is 0 Å². The van der Waals surface area contributed by atoms with E-state index in [4.69, 9.17) is 9.84 Å². The van der Waals surface area contributed by atoms with Gasteiger partial charge in [0.05, 0.1) is 6.61 Å². The first kappa shape index (κ1) is 13.1. The molecule has 0 unspecified atom stereocenters. The second-order valence-electron chi connectivity index (χ2n) is 3.87. The fourth-order valence-corrected chi connectivity index (χ4v) is 2.04. The van der Waals surface area contributed by atoms with Crippen LogP contribution in [0.1, 0.15) is 11.1 Å². The van der Waals surface area contributed by atoms with Crippen LogP contribution >= 0.6 is 15.9 Å². The first-order valence-electron chi connectivity index (χ1n) is 5.45. The molecule has 0 amide bonds. The number of hydrogen-bond donors (Lipinski definition) is 1. The number of hydrogen-bond acceptors (Lipinski definition) is 2. The molecule has 0 spiro atoms. The smallest absolute Gasteiger partial charge is 0.127 e. The number of aliphatic hydroxyl groups is 1. The Kier molecular flexibility index (Phi) is 4.33. The molecule has 94 valence electrons. The molecule has 0 aliphatic rings. The lowest BCUT2D eigenvalue weighted by atomic mass is 10.2. The van der Waals surface area contributed by atoms with E-state index in [0.717, 1.165) is 10.0 Å². The summed E-state index contributed by atoms with van der Waals surface area (Å²) in [5.41, 5.74) is 1.48. The van der Waals surface area contributed by atoms with Crippen LogP contribution in [0.3, 0.4) is 0 Å². The highest BCUT2D eigenvalue weighted by molar-refractivity contribution is 9.10. The van der Waals surface area contributed by atoms with Crippen molar-refractivity contribution >= 4 is 15.9 Å². The Morgan fingerprint density at radius 3 is 2.67 bits per heavy atom. The van der Waals surface area contributed by atoms with E-state index in [0.29, 0.717) is 17.9 Å². The number of benzene rings is 2. The minimum absolute atomic E-state index is 0.203. The Balaban J connectivity index is 2.08. The van der Waals surface area contributed by atoms with Crippen molar-refractivity contribution in [3.05, 3.63) is 63.9 Å². The van der Waals surface area contributed by atoms with Gasteiger partial charge >= 0.3 is 0 Å². The first-order chi connectivity index (χ1) is 8.67. The fraction of sp³-hybridized carbons (Fsp3) is 0.143. The molecule has 0 saturated heterocycles. The van der Waals surface area contributed by atoms with Crippen molar-refractivity contribution in [2.45, 2.75) is 13.2 Å². The molecule has 0 saturated carbocycles. The Labute approximate surface area is 113 Å². The van der Waals surface area contributed by atoms with E-state index in [-0.39, 0.29) is 6.61 Å². The summed E-state index contributed by atoms with van der Waals surface area (Å²) in [5.74, 6) is 0.00446. The normalized spacial score (nSPS) is 10.4. The molecule has 0 bridgehead atoms. The van der Waals surface area contributed by atoms with Crippen LogP contribution in [-0.4, -0.2) is 5.11 Å². The van der Waals surface area contributed by atoms with E-state index < -0.39 is 5.82 Å².